The van der Waals surface area contributed by atoms with Crippen molar-refractivity contribution >= 4 is 46.7 Å². The average molecular weight is 956 g/mol. The maximum absolute atomic E-state index is 12.1. The van der Waals surface area contributed by atoms with Gasteiger partial charge in [-0.05, 0) is 25.2 Å². The summed E-state index contributed by atoms with van der Waals surface area (Å²) < 4.78 is 14.8. The van der Waals surface area contributed by atoms with Gasteiger partial charge in [0, 0.05) is 24.2 Å². The summed E-state index contributed by atoms with van der Waals surface area (Å²) in [5, 5.41) is 16.9. The molecule has 29 heavy (non-hydrogen) atoms. The minimum atomic E-state index is -4.53. The molecule has 0 aliphatic heterocycles. The molecule has 1 rings (SSSR count). The van der Waals surface area contributed by atoms with E-state index in [1.165, 1.54) is 21.6 Å². The number of nitrogens with one attached hydrogen (secondary N) is 4. The van der Waals surface area contributed by atoms with Gasteiger partial charge in [0.25, 0.3) is 0 Å². The van der Waals surface area contributed by atoms with E-state index in [1.54, 1.807) is 26.2 Å². The van der Waals surface area contributed by atoms with Crippen molar-refractivity contribution in [2.75, 3.05) is 43.8 Å². The minimum Gasteiger partial charge on any atom is -0.387 e. The van der Waals surface area contributed by atoms with Gasteiger partial charge >= 0.3 is 7.82 Å². The monoisotopic (exact) mass is 956 g/mol. The third kappa shape index (κ3) is 10.8. The van der Waals surface area contributed by atoms with Gasteiger partial charge in [-0.2, -0.15) is 0 Å². The van der Waals surface area contributed by atoms with E-state index in [1.807, 2.05) is 6.07 Å². The maximum atomic E-state index is 12.1. The quantitative estimate of drug-likeness (QED) is 0.0498. The van der Waals surface area contributed by atoms with Crippen LogP contribution in [0.5, 0.6) is 0 Å². The number of benzene rings is 1. The Morgan fingerprint density at radius 3 is 2.52 bits per heavy atom. The molecule has 1 amide bonds. The fraction of sp³-hybridized carbons (Fsp3) is 0.462. The van der Waals surface area contributed by atoms with E-state index in [9.17, 15) is 9.36 Å². The van der Waals surface area contributed by atoms with Crippen LogP contribution in [0.25, 0.3) is 0 Å². The van der Waals surface area contributed by atoms with E-state index in [-0.39, 0.29) is 19.1 Å². The third-order valence-corrected chi connectivity index (χ3v) is 6.06. The molecule has 0 fully saturated rings. The molecule has 1 aromatic rings. The maximum Gasteiger partial charge on any atom is 0.469 e. The van der Waals surface area contributed by atoms with Crippen molar-refractivity contribution in [3.05, 3.63) is 18.2 Å². The Bertz CT molecular complexity index is 660. The van der Waals surface area contributed by atoms with Gasteiger partial charge < -0.3 is 25.7 Å². The molecule has 0 saturated carbocycles. The summed E-state index contributed by atoms with van der Waals surface area (Å²) >= 11 is 0. The first kappa shape index (κ1) is 28.2. The molecule has 0 aliphatic carbocycles. The van der Waals surface area contributed by atoms with Crippen LogP contribution in [0.15, 0.2) is 23.1 Å². The summed E-state index contributed by atoms with van der Waals surface area (Å²) in [7, 11) is 1.80. The standard InChI is InChI=1S/C13H23N4O7PS2.2Fm/c1-14-10-7-9(17-24-19)3-4-12(10)27-26-8-11(15-2)13(18)16-5-6-23-25(20,21)22;;/h3-4,7,11,14-15,17,19H,5-6,8H2,1-2H3,(H,16,18)(H2,20,21,22);;. The summed E-state index contributed by atoms with van der Waals surface area (Å²) in [4.78, 5) is 34.1. The van der Waals surface area contributed by atoms with Crippen molar-refractivity contribution in [2.24, 2.45) is 0 Å². The van der Waals surface area contributed by atoms with Gasteiger partial charge in [-0.1, -0.05) is 21.6 Å². The van der Waals surface area contributed by atoms with Crippen LogP contribution in [0, 0.1) is 0 Å². The van der Waals surface area contributed by atoms with Crippen molar-refractivity contribution in [2.45, 2.75) is 10.9 Å². The first-order chi connectivity index (χ1) is 12.8. The summed E-state index contributed by atoms with van der Waals surface area (Å²) in [5.41, 5.74) is 3.70. The summed E-state index contributed by atoms with van der Waals surface area (Å²) in [6, 6.07) is 4.82. The number of carbonyl (C=O) groups excluding carboxylic acids is 1. The minimum absolute atomic E-state index is 0. The average Bonchev–Trinajstić information content (AvgIpc) is 2.62. The Kier molecular flexibility index (Phi) is 13.7. The zero-order valence-electron chi connectivity index (χ0n) is 15.2. The Morgan fingerprint density at radius 2 is 1.97 bits per heavy atom. The van der Waals surface area contributed by atoms with Gasteiger partial charge in [0.2, 0.25) is 5.91 Å². The molecule has 0 aliphatic rings. The number of rotatable bonds is 13. The second-order valence-corrected chi connectivity index (χ2v) is 8.60. The second-order valence-electron chi connectivity index (χ2n) is 4.98. The fourth-order valence-corrected chi connectivity index (χ4v) is 4.61. The normalized spacial score (nSPS) is 11.6. The number of hydrogen-bond acceptors (Lipinski definition) is 10. The van der Waals surface area contributed by atoms with Crippen LogP contribution in [0.2, 0.25) is 0 Å². The van der Waals surface area contributed by atoms with Crippen molar-refractivity contribution in [1.29, 1.82) is 0 Å². The van der Waals surface area contributed by atoms with Crippen LogP contribution in [0.3, 0.4) is 0 Å². The first-order valence-corrected chi connectivity index (χ1v) is 11.5. The van der Waals surface area contributed by atoms with Gasteiger partial charge in [0.1, 0.15) is 0 Å². The zero-order valence-corrected chi connectivity index (χ0v) is 22.6. The van der Waals surface area contributed by atoms with Crippen molar-refractivity contribution < 1.29 is 33.9 Å². The van der Waals surface area contributed by atoms with Gasteiger partial charge in [-0.25, -0.2) is 15.3 Å². The Morgan fingerprint density at radius 1 is 1.28 bits per heavy atom. The molecule has 11 nitrogen and oxygen atoms in total. The molecular formula is C13H23Fm2N4O7PS2. The molecule has 0 aromatic heterocycles. The molecule has 1 aromatic carbocycles. The molecule has 178 valence electrons. The molecule has 1 atom stereocenters. The smallest absolute Gasteiger partial charge is 0.387 e. The number of likely N-dealkylation sites (N-methyl/N-ethyl adjacent to an activating group) is 1. The van der Waals surface area contributed by atoms with Crippen LogP contribution in [-0.2, 0) is 18.9 Å². The molecular weight excluding hydrogens is 933 g/mol. The zero-order chi connectivity index (χ0) is 20.3. The number of amides is 1. The van der Waals surface area contributed by atoms with Crippen molar-refractivity contribution in [1.82, 2.24) is 10.6 Å². The van der Waals surface area contributed by atoms with E-state index in [4.69, 9.17) is 15.0 Å². The van der Waals surface area contributed by atoms with Crippen LogP contribution in [0.1, 0.15) is 0 Å². The van der Waals surface area contributed by atoms with E-state index >= 15 is 0 Å². The molecule has 0 saturated heterocycles. The van der Waals surface area contributed by atoms with E-state index in [0.717, 1.165) is 10.6 Å². The van der Waals surface area contributed by atoms with Gasteiger partial charge in [-0.15, -0.1) is 4.99 Å². The predicted octanol–water partition coefficient (Wildman–Crippen LogP) is 1.10. The first-order valence-electron chi connectivity index (χ1n) is 7.63. The summed E-state index contributed by atoms with van der Waals surface area (Å²) in [6.45, 7) is -0.289. The molecule has 16 heteroatoms. The van der Waals surface area contributed by atoms with Crippen molar-refractivity contribution in [3.63, 3.8) is 0 Å². The van der Waals surface area contributed by atoms with Crippen LogP contribution in [-0.4, -0.2) is 60.0 Å². The number of anilines is 2. The number of hydrogen-bond donors (Lipinski definition) is 7. The van der Waals surface area contributed by atoms with Gasteiger partial charge in [0.05, 0.1) is 24.0 Å². The molecule has 0 bridgehead atoms. The SMILES string of the molecule is CNc1cc(NOO)ccc1SSCC(NC)C(=O)NCCOP(=O)(O)O.[Fm].[Fm]. The number of phosphoric acid groups is 1. The topological polar surface area (TPSA) is 161 Å². The second kappa shape index (κ2) is 14.0. The van der Waals surface area contributed by atoms with E-state index in [0.29, 0.717) is 11.4 Å². The Balaban J connectivity index is 0. The molecule has 0 radical (unpaired) electrons. The third-order valence-electron chi connectivity index (χ3n) is 3.12. The van der Waals surface area contributed by atoms with Crippen LogP contribution < -0.4 is 21.4 Å². The summed E-state index contributed by atoms with van der Waals surface area (Å²) in [6.07, 6.45) is 0. The summed E-state index contributed by atoms with van der Waals surface area (Å²) in [5.74, 6) is 0.156. The predicted molar refractivity (Wildman–Crippen MR) is 105 cm³/mol. The largest absolute Gasteiger partial charge is 0.469 e. The molecule has 7 N–H and O–H groups in total. The Labute approximate surface area is 164 Å². The molecule has 0 heterocycles. The van der Waals surface area contributed by atoms with Gasteiger partial charge in [-0.3, -0.25) is 9.32 Å². The number of carbonyl (C=O) groups is 1. The van der Waals surface area contributed by atoms with E-state index < -0.39 is 13.9 Å². The van der Waals surface area contributed by atoms with Crippen molar-refractivity contribution in [3.8, 4) is 0 Å². The number of phosphoric ester groups is 1. The van der Waals surface area contributed by atoms with E-state index in [2.05, 4.69) is 30.9 Å². The van der Waals surface area contributed by atoms with Crippen LogP contribution >= 0.6 is 29.4 Å². The molecule has 1 unspecified atom stereocenters. The molecule has 0 spiro atoms. The van der Waals surface area contributed by atoms with Gasteiger partial charge in [0.15, 0.2) is 0 Å². The Hall–Kier alpha value is -3.02. The fourth-order valence-electron chi connectivity index (χ4n) is 1.83. The van der Waals surface area contributed by atoms with Crippen LogP contribution in [0.4, 0.5) is 11.4 Å².